The van der Waals surface area contributed by atoms with Crippen molar-refractivity contribution in [2.45, 2.75) is 26.4 Å². The molecule has 4 N–H and O–H groups in total. The van der Waals surface area contributed by atoms with Gasteiger partial charge in [0.2, 0.25) is 0 Å². The summed E-state index contributed by atoms with van der Waals surface area (Å²) in [6, 6.07) is 10.6. The number of pyridine rings is 1. The Hall–Kier alpha value is -3.13. The van der Waals surface area contributed by atoms with Crippen LogP contribution in [0.25, 0.3) is 22.2 Å². The summed E-state index contributed by atoms with van der Waals surface area (Å²) in [7, 11) is 0. The van der Waals surface area contributed by atoms with Gasteiger partial charge in [0.1, 0.15) is 17.6 Å². The van der Waals surface area contributed by atoms with Crippen LogP contribution in [0, 0.1) is 5.41 Å². The van der Waals surface area contributed by atoms with E-state index in [1.165, 1.54) is 6.07 Å². The van der Waals surface area contributed by atoms with Crippen LogP contribution < -0.4 is 16.0 Å². The van der Waals surface area contributed by atoms with Gasteiger partial charge in [0.15, 0.2) is 0 Å². The number of benzene rings is 1. The molecule has 3 aromatic rings. The zero-order valence-electron chi connectivity index (χ0n) is 17.7. The van der Waals surface area contributed by atoms with E-state index in [0.29, 0.717) is 30.8 Å². The summed E-state index contributed by atoms with van der Waals surface area (Å²) >= 11 is 0. The zero-order chi connectivity index (χ0) is 22.2. The van der Waals surface area contributed by atoms with Gasteiger partial charge in [0.05, 0.1) is 17.9 Å². The molecule has 0 spiro atoms. The van der Waals surface area contributed by atoms with Crippen molar-refractivity contribution in [3.8, 4) is 17.0 Å². The fraction of sp³-hybridized carbons (Fsp3) is 0.391. The van der Waals surface area contributed by atoms with Crippen LogP contribution >= 0.6 is 0 Å². The van der Waals surface area contributed by atoms with E-state index >= 15 is 0 Å². The van der Waals surface area contributed by atoms with E-state index < -0.39 is 17.6 Å². The summed E-state index contributed by atoms with van der Waals surface area (Å²) in [5, 5.41) is 0.906. The van der Waals surface area contributed by atoms with E-state index in [1.54, 1.807) is 6.07 Å². The molecule has 2 aromatic heterocycles. The summed E-state index contributed by atoms with van der Waals surface area (Å²) in [5.74, 6) is 0.0492. The van der Waals surface area contributed by atoms with Gasteiger partial charge in [0, 0.05) is 36.0 Å². The lowest BCUT2D eigenvalue weighted by Gasteiger charge is -2.29. The molecular formula is C23H27FN4O3. The highest BCUT2D eigenvalue weighted by molar-refractivity contribution is 5.91. The van der Waals surface area contributed by atoms with E-state index in [1.807, 2.05) is 24.3 Å². The molecule has 1 aliphatic rings. The first-order valence-electron chi connectivity index (χ1n) is 10.4. The Morgan fingerprint density at radius 2 is 2.06 bits per heavy atom. The lowest BCUT2D eigenvalue weighted by Crippen LogP contribution is -2.36. The zero-order valence-corrected chi connectivity index (χ0v) is 17.7. The van der Waals surface area contributed by atoms with Gasteiger partial charge in [-0.25, -0.2) is 4.39 Å². The number of fused-ring (bicyclic) bond motifs is 1. The molecule has 0 radical (unpaired) electrons. The van der Waals surface area contributed by atoms with Gasteiger partial charge < -0.3 is 20.4 Å². The van der Waals surface area contributed by atoms with Crippen molar-refractivity contribution >= 4 is 16.8 Å². The molecule has 8 heteroatoms. The Bertz CT molecular complexity index is 1170. The summed E-state index contributed by atoms with van der Waals surface area (Å²) in [6.45, 7) is 6.83. The van der Waals surface area contributed by atoms with Crippen LogP contribution in [-0.4, -0.2) is 53.2 Å². The number of ether oxygens (including phenoxy) is 1. The first-order chi connectivity index (χ1) is 14.7. The minimum absolute atomic E-state index is 0.0686. The molecule has 1 amide bonds. The lowest BCUT2D eigenvalue weighted by molar-refractivity contribution is 0.0995. The predicted molar refractivity (Wildman–Crippen MR) is 118 cm³/mol. The number of H-pyrrole nitrogens is 2. The number of rotatable bonds is 7. The number of likely N-dealkylation sites (tertiary alicyclic amines) is 1. The number of carbonyl (C=O) groups is 1. The van der Waals surface area contributed by atoms with Crippen LogP contribution in [0.2, 0.25) is 0 Å². The van der Waals surface area contributed by atoms with Gasteiger partial charge in [0.25, 0.3) is 11.5 Å². The number of aromatic nitrogens is 2. The minimum atomic E-state index is -0.721. The van der Waals surface area contributed by atoms with E-state index in [4.69, 9.17) is 10.5 Å². The highest BCUT2D eigenvalue weighted by Crippen LogP contribution is 2.28. The number of primary amides is 1. The maximum absolute atomic E-state index is 13.4. The van der Waals surface area contributed by atoms with Crippen molar-refractivity contribution in [1.29, 1.82) is 0 Å². The Balaban J connectivity index is 1.48. The molecule has 3 heterocycles. The number of hydrogen-bond donors (Lipinski definition) is 3. The standard InChI is InChI=1S/C23H27FN4O3/c1-23(2,12-28-8-7-15(24)11-28)13-31-16-3-5-18-14(9-16)10-20(26-18)17-4-6-19(21(25)29)27-22(17)30/h3-6,9-10,15,26H,7-8,11-13H2,1-2H3,(H2,25,29)(H,27,30)/t15-/m1/s1. The molecule has 1 atom stereocenters. The summed E-state index contributed by atoms with van der Waals surface area (Å²) in [4.78, 5) is 31.4. The first kappa shape index (κ1) is 21.1. The topological polar surface area (TPSA) is 104 Å². The Morgan fingerprint density at radius 1 is 1.26 bits per heavy atom. The molecular weight excluding hydrogens is 399 g/mol. The third kappa shape index (κ3) is 4.80. The van der Waals surface area contributed by atoms with Crippen LogP contribution in [0.15, 0.2) is 41.2 Å². The molecule has 1 aromatic carbocycles. The molecule has 0 saturated carbocycles. The Labute approximate surface area is 179 Å². The Morgan fingerprint density at radius 3 is 2.74 bits per heavy atom. The van der Waals surface area contributed by atoms with Crippen molar-refractivity contribution in [1.82, 2.24) is 14.9 Å². The van der Waals surface area contributed by atoms with Crippen molar-refractivity contribution in [2.75, 3.05) is 26.2 Å². The van der Waals surface area contributed by atoms with Gasteiger partial charge in [-0.15, -0.1) is 0 Å². The molecule has 1 saturated heterocycles. The maximum atomic E-state index is 13.4. The number of carbonyl (C=O) groups excluding carboxylic acids is 1. The van der Waals surface area contributed by atoms with Crippen LogP contribution in [0.5, 0.6) is 5.75 Å². The molecule has 0 bridgehead atoms. The van der Waals surface area contributed by atoms with E-state index in [-0.39, 0.29) is 11.1 Å². The van der Waals surface area contributed by atoms with E-state index in [9.17, 15) is 14.0 Å². The van der Waals surface area contributed by atoms with Crippen molar-refractivity contribution in [2.24, 2.45) is 11.1 Å². The summed E-state index contributed by atoms with van der Waals surface area (Å²) in [6.07, 6.45) is -0.113. The second-order valence-electron chi connectivity index (χ2n) is 8.99. The van der Waals surface area contributed by atoms with Crippen molar-refractivity contribution in [3.05, 3.63) is 52.4 Å². The normalized spacial score (nSPS) is 17.3. The number of nitrogens with one attached hydrogen (secondary N) is 2. The second-order valence-corrected chi connectivity index (χ2v) is 8.99. The second kappa shape index (κ2) is 8.19. The SMILES string of the molecule is CC(C)(COc1ccc2[nH]c(-c3ccc(C(N)=O)[nH]c3=O)cc2c1)CN1CC[C@@H](F)C1. The number of alkyl halides is 1. The Kier molecular flexibility index (Phi) is 5.58. The largest absolute Gasteiger partial charge is 0.493 e. The molecule has 164 valence electrons. The molecule has 0 unspecified atom stereocenters. The molecule has 1 aliphatic heterocycles. The van der Waals surface area contributed by atoms with Gasteiger partial charge in [-0.05, 0) is 42.8 Å². The van der Waals surface area contributed by atoms with Crippen LogP contribution in [-0.2, 0) is 0 Å². The molecule has 7 nitrogen and oxygen atoms in total. The summed E-state index contributed by atoms with van der Waals surface area (Å²) in [5.41, 5.74) is 6.70. The maximum Gasteiger partial charge on any atom is 0.265 e. The number of hydrogen-bond acceptors (Lipinski definition) is 4. The monoisotopic (exact) mass is 426 g/mol. The number of aromatic amines is 2. The highest BCUT2D eigenvalue weighted by atomic mass is 19.1. The first-order valence-corrected chi connectivity index (χ1v) is 10.4. The third-order valence-electron chi connectivity index (χ3n) is 5.55. The van der Waals surface area contributed by atoms with Gasteiger partial charge in [-0.2, -0.15) is 0 Å². The number of amides is 1. The van der Waals surface area contributed by atoms with Crippen LogP contribution in [0.3, 0.4) is 0 Å². The third-order valence-corrected chi connectivity index (χ3v) is 5.55. The molecule has 4 rings (SSSR count). The average Bonchev–Trinajstić information content (AvgIpc) is 3.31. The number of halogens is 1. The highest BCUT2D eigenvalue weighted by Gasteiger charge is 2.28. The van der Waals surface area contributed by atoms with Crippen molar-refractivity contribution < 1.29 is 13.9 Å². The van der Waals surface area contributed by atoms with Gasteiger partial charge in [-0.3, -0.25) is 14.5 Å². The molecule has 1 fully saturated rings. The van der Waals surface area contributed by atoms with Crippen molar-refractivity contribution in [3.63, 3.8) is 0 Å². The van der Waals surface area contributed by atoms with E-state index in [2.05, 4.69) is 28.7 Å². The fourth-order valence-corrected chi connectivity index (χ4v) is 4.03. The smallest absolute Gasteiger partial charge is 0.265 e. The van der Waals surface area contributed by atoms with E-state index in [0.717, 1.165) is 29.7 Å². The molecule has 31 heavy (non-hydrogen) atoms. The number of nitrogens with zero attached hydrogens (tertiary/aromatic N) is 1. The minimum Gasteiger partial charge on any atom is -0.493 e. The lowest BCUT2D eigenvalue weighted by atomic mass is 9.94. The molecule has 0 aliphatic carbocycles. The van der Waals surface area contributed by atoms with Crippen LogP contribution in [0.1, 0.15) is 30.8 Å². The van der Waals surface area contributed by atoms with Gasteiger partial charge >= 0.3 is 0 Å². The fourth-order valence-electron chi connectivity index (χ4n) is 4.03. The number of nitrogens with two attached hydrogens (primary N) is 1. The average molecular weight is 426 g/mol. The summed E-state index contributed by atoms with van der Waals surface area (Å²) < 4.78 is 19.5. The quantitative estimate of drug-likeness (QED) is 0.540. The van der Waals surface area contributed by atoms with Gasteiger partial charge in [-0.1, -0.05) is 13.8 Å². The van der Waals surface area contributed by atoms with Crippen LogP contribution in [0.4, 0.5) is 4.39 Å². The predicted octanol–water partition coefficient (Wildman–Crippen LogP) is 3.07.